The summed E-state index contributed by atoms with van der Waals surface area (Å²) in [6.45, 7) is 2.15. The van der Waals surface area contributed by atoms with Crippen LogP contribution in [0.4, 0.5) is 13.2 Å². The molecule has 0 aromatic heterocycles. The summed E-state index contributed by atoms with van der Waals surface area (Å²) in [6.07, 6.45) is -4.51. The van der Waals surface area contributed by atoms with Crippen molar-refractivity contribution in [3.63, 3.8) is 0 Å². The number of rotatable bonds is 8. The van der Waals surface area contributed by atoms with Gasteiger partial charge >= 0.3 is 12.1 Å². The van der Waals surface area contributed by atoms with Crippen LogP contribution in [0.5, 0.6) is 0 Å². The lowest BCUT2D eigenvalue weighted by molar-refractivity contribution is -0.144. The van der Waals surface area contributed by atoms with Gasteiger partial charge in [0.05, 0.1) is 18.6 Å². The highest BCUT2D eigenvalue weighted by atomic mass is 19.4. The Morgan fingerprint density at radius 3 is 2.16 bits per heavy atom. The maximum absolute atomic E-state index is 12.4. The molecule has 1 aromatic carbocycles. The molecule has 0 bridgehead atoms. The first-order valence-corrected chi connectivity index (χ1v) is 7.61. The topological polar surface area (TPSA) is 84.5 Å². The minimum absolute atomic E-state index is 0.0221. The second-order valence-corrected chi connectivity index (χ2v) is 4.99. The van der Waals surface area contributed by atoms with E-state index in [0.29, 0.717) is 0 Å². The minimum Gasteiger partial charge on any atom is -0.466 e. The number of nitrogens with one attached hydrogen (secondary N) is 2. The first-order chi connectivity index (χ1) is 11.7. The summed E-state index contributed by atoms with van der Waals surface area (Å²) in [6, 6.07) is 3.81. The molecule has 0 aliphatic heterocycles. The zero-order valence-electron chi connectivity index (χ0n) is 13.6. The predicted octanol–water partition coefficient (Wildman–Crippen LogP) is 1.89. The van der Waals surface area contributed by atoms with E-state index in [1.165, 1.54) is 0 Å². The van der Waals surface area contributed by atoms with Gasteiger partial charge in [0.1, 0.15) is 0 Å². The molecule has 0 heterocycles. The number of halogens is 3. The normalized spacial score (nSPS) is 10.9. The van der Waals surface area contributed by atoms with Crippen molar-refractivity contribution in [2.24, 2.45) is 0 Å². The molecule has 0 spiro atoms. The van der Waals surface area contributed by atoms with Crippen LogP contribution in [0.15, 0.2) is 24.3 Å². The molecule has 0 fully saturated rings. The van der Waals surface area contributed by atoms with Crippen LogP contribution < -0.4 is 10.6 Å². The number of amides is 2. The van der Waals surface area contributed by atoms with Gasteiger partial charge in [-0.2, -0.15) is 13.2 Å². The Morgan fingerprint density at radius 1 is 1.00 bits per heavy atom. The van der Waals surface area contributed by atoms with Gasteiger partial charge < -0.3 is 15.4 Å². The van der Waals surface area contributed by atoms with Crippen molar-refractivity contribution in [3.8, 4) is 0 Å². The number of ether oxygens (including phenoxy) is 1. The number of benzene rings is 1. The van der Waals surface area contributed by atoms with Crippen molar-refractivity contribution < 1.29 is 32.3 Å². The molecule has 0 atom stereocenters. The Labute approximate surface area is 142 Å². The molecule has 0 unspecified atom stereocenters. The van der Waals surface area contributed by atoms with Gasteiger partial charge in [-0.25, -0.2) is 0 Å². The molecule has 0 saturated carbocycles. The van der Waals surface area contributed by atoms with E-state index in [-0.39, 0.29) is 44.0 Å². The van der Waals surface area contributed by atoms with Gasteiger partial charge in [0.25, 0.3) is 5.91 Å². The van der Waals surface area contributed by atoms with Gasteiger partial charge in [-0.15, -0.1) is 0 Å². The first-order valence-electron chi connectivity index (χ1n) is 7.61. The van der Waals surface area contributed by atoms with Crippen LogP contribution in [0.3, 0.4) is 0 Å². The van der Waals surface area contributed by atoms with Crippen molar-refractivity contribution in [1.82, 2.24) is 10.6 Å². The van der Waals surface area contributed by atoms with Crippen LogP contribution in [-0.2, 0) is 20.5 Å². The summed E-state index contributed by atoms with van der Waals surface area (Å²) < 4.78 is 42.0. The highest BCUT2D eigenvalue weighted by Gasteiger charge is 2.30. The molecule has 0 saturated heterocycles. The monoisotopic (exact) mass is 360 g/mol. The van der Waals surface area contributed by atoms with Crippen molar-refractivity contribution in [3.05, 3.63) is 35.4 Å². The molecule has 138 valence electrons. The summed E-state index contributed by atoms with van der Waals surface area (Å²) in [5.74, 6) is -1.38. The summed E-state index contributed by atoms with van der Waals surface area (Å²) >= 11 is 0. The fourth-order valence-corrected chi connectivity index (χ4v) is 1.83. The van der Waals surface area contributed by atoms with Crippen LogP contribution >= 0.6 is 0 Å². The third kappa shape index (κ3) is 7.69. The molecule has 1 rings (SSSR count). The third-order valence-electron chi connectivity index (χ3n) is 3.07. The number of alkyl halides is 3. The van der Waals surface area contributed by atoms with E-state index in [1.54, 1.807) is 6.92 Å². The highest BCUT2D eigenvalue weighted by Crippen LogP contribution is 2.28. The maximum Gasteiger partial charge on any atom is 0.416 e. The smallest absolute Gasteiger partial charge is 0.416 e. The van der Waals surface area contributed by atoms with E-state index >= 15 is 0 Å². The maximum atomic E-state index is 12.4. The number of hydrogen-bond acceptors (Lipinski definition) is 4. The molecule has 0 radical (unpaired) electrons. The van der Waals surface area contributed by atoms with Crippen LogP contribution in [0.1, 0.15) is 35.7 Å². The third-order valence-corrected chi connectivity index (χ3v) is 3.07. The van der Waals surface area contributed by atoms with Gasteiger partial charge in [0, 0.05) is 25.1 Å². The zero-order valence-corrected chi connectivity index (χ0v) is 13.6. The molecule has 2 amide bonds. The summed E-state index contributed by atoms with van der Waals surface area (Å²) in [5.41, 5.74) is -0.750. The lowest BCUT2D eigenvalue weighted by Crippen LogP contribution is -2.34. The second kappa shape index (κ2) is 9.65. The quantitative estimate of drug-likeness (QED) is 0.548. The van der Waals surface area contributed by atoms with E-state index in [0.717, 1.165) is 24.3 Å². The Bertz CT molecular complexity index is 600. The Hall–Kier alpha value is -2.58. The molecule has 9 heteroatoms. The average molecular weight is 360 g/mol. The molecular formula is C16H19F3N2O4. The SMILES string of the molecule is CCOC(=O)CCC(=O)NCCNC(=O)c1ccc(C(F)(F)F)cc1. The van der Waals surface area contributed by atoms with Crippen LogP contribution in [0.25, 0.3) is 0 Å². The molecule has 0 aliphatic rings. The fourth-order valence-electron chi connectivity index (χ4n) is 1.83. The molecule has 0 aliphatic carbocycles. The lowest BCUT2D eigenvalue weighted by atomic mass is 10.1. The largest absolute Gasteiger partial charge is 0.466 e. The number of carbonyl (C=O) groups excluding carboxylic acids is 3. The fraction of sp³-hybridized carbons (Fsp3) is 0.438. The Morgan fingerprint density at radius 2 is 1.60 bits per heavy atom. The van der Waals surface area contributed by atoms with E-state index in [2.05, 4.69) is 15.4 Å². The second-order valence-electron chi connectivity index (χ2n) is 4.99. The van der Waals surface area contributed by atoms with Crippen LogP contribution in [0.2, 0.25) is 0 Å². The van der Waals surface area contributed by atoms with Gasteiger partial charge in [0.2, 0.25) is 5.91 Å². The average Bonchev–Trinajstić information content (AvgIpc) is 2.56. The summed E-state index contributed by atoms with van der Waals surface area (Å²) in [4.78, 5) is 34.3. The Kier molecular flexibility index (Phi) is 7.90. The van der Waals surface area contributed by atoms with E-state index < -0.39 is 23.6 Å². The molecule has 6 nitrogen and oxygen atoms in total. The Balaban J connectivity index is 2.28. The molecule has 2 N–H and O–H groups in total. The number of carbonyl (C=O) groups is 3. The molecule has 25 heavy (non-hydrogen) atoms. The van der Waals surface area contributed by atoms with E-state index in [1.807, 2.05) is 0 Å². The van der Waals surface area contributed by atoms with Gasteiger partial charge in [-0.1, -0.05) is 0 Å². The minimum atomic E-state index is -4.46. The van der Waals surface area contributed by atoms with Gasteiger partial charge in [-0.3, -0.25) is 14.4 Å². The van der Waals surface area contributed by atoms with Gasteiger partial charge in [0.15, 0.2) is 0 Å². The van der Waals surface area contributed by atoms with Crippen LogP contribution in [-0.4, -0.2) is 37.5 Å². The summed E-state index contributed by atoms with van der Waals surface area (Å²) in [5, 5.41) is 4.98. The molecule has 1 aromatic rings. The van der Waals surface area contributed by atoms with Crippen molar-refractivity contribution in [2.45, 2.75) is 25.9 Å². The number of esters is 1. The first kappa shape index (κ1) is 20.5. The highest BCUT2D eigenvalue weighted by molar-refractivity contribution is 5.94. The van der Waals surface area contributed by atoms with Crippen molar-refractivity contribution in [1.29, 1.82) is 0 Å². The van der Waals surface area contributed by atoms with E-state index in [9.17, 15) is 27.6 Å². The number of hydrogen-bond donors (Lipinski definition) is 2. The predicted molar refractivity (Wildman–Crippen MR) is 82.7 cm³/mol. The van der Waals surface area contributed by atoms with Gasteiger partial charge in [-0.05, 0) is 31.2 Å². The van der Waals surface area contributed by atoms with Crippen LogP contribution in [0, 0.1) is 0 Å². The lowest BCUT2D eigenvalue weighted by Gasteiger charge is -2.09. The van der Waals surface area contributed by atoms with Crippen molar-refractivity contribution >= 4 is 17.8 Å². The van der Waals surface area contributed by atoms with Crippen molar-refractivity contribution in [2.75, 3.05) is 19.7 Å². The van der Waals surface area contributed by atoms with E-state index in [4.69, 9.17) is 0 Å². The zero-order chi connectivity index (χ0) is 18.9. The standard InChI is InChI=1S/C16H19F3N2O4/c1-2-25-14(23)8-7-13(22)20-9-10-21-15(24)11-3-5-12(6-4-11)16(17,18)19/h3-6H,2,7-10H2,1H3,(H,20,22)(H,21,24). The summed E-state index contributed by atoms with van der Waals surface area (Å²) in [7, 11) is 0. The molecular weight excluding hydrogens is 341 g/mol.